The van der Waals surface area contributed by atoms with Gasteiger partial charge in [-0.3, -0.25) is 0 Å². The minimum atomic E-state index is -0.598. The van der Waals surface area contributed by atoms with Crippen LogP contribution in [-0.4, -0.2) is 13.1 Å². The molecule has 0 amide bonds. The number of hydrogen-bond acceptors (Lipinski definition) is 3. The SMILES string of the molecule is [2H]c1cc([2H])c(C(=O)OC)c(C)c1N. The van der Waals surface area contributed by atoms with E-state index >= 15 is 0 Å². The molecule has 0 aliphatic rings. The van der Waals surface area contributed by atoms with Crippen molar-refractivity contribution in [3.05, 3.63) is 29.3 Å². The van der Waals surface area contributed by atoms with Gasteiger partial charge in [-0.2, -0.15) is 0 Å². The third-order valence-corrected chi connectivity index (χ3v) is 1.61. The Morgan fingerprint density at radius 2 is 2.33 bits per heavy atom. The Bertz CT molecular complexity index is 391. The average molecular weight is 167 g/mol. The summed E-state index contributed by atoms with van der Waals surface area (Å²) in [5.74, 6) is -0.598. The first-order chi connectivity index (χ1) is 6.49. The summed E-state index contributed by atoms with van der Waals surface area (Å²) in [6.07, 6.45) is 0. The molecule has 0 spiro atoms. The molecule has 3 nitrogen and oxygen atoms in total. The predicted molar refractivity (Wildman–Crippen MR) is 46.9 cm³/mol. The number of nitrogen functional groups attached to an aromatic ring is 1. The number of carbonyl (C=O) groups is 1. The molecule has 2 N–H and O–H groups in total. The van der Waals surface area contributed by atoms with Crippen molar-refractivity contribution in [1.82, 2.24) is 0 Å². The molecule has 3 heteroatoms. The van der Waals surface area contributed by atoms with Gasteiger partial charge < -0.3 is 10.5 Å². The number of hydrogen-bond donors (Lipinski definition) is 1. The molecule has 0 aromatic heterocycles. The van der Waals surface area contributed by atoms with Crippen molar-refractivity contribution in [2.24, 2.45) is 0 Å². The molecule has 0 saturated carbocycles. The van der Waals surface area contributed by atoms with Gasteiger partial charge in [0.15, 0.2) is 0 Å². The van der Waals surface area contributed by atoms with E-state index in [-0.39, 0.29) is 23.3 Å². The van der Waals surface area contributed by atoms with Gasteiger partial charge in [0.05, 0.1) is 15.4 Å². The highest BCUT2D eigenvalue weighted by molar-refractivity contribution is 5.92. The molecule has 12 heavy (non-hydrogen) atoms. The molecule has 0 bridgehead atoms. The predicted octanol–water partition coefficient (Wildman–Crippen LogP) is 1.36. The van der Waals surface area contributed by atoms with Crippen LogP contribution in [0, 0.1) is 6.92 Å². The molecule has 0 atom stereocenters. The molecule has 0 unspecified atom stereocenters. The van der Waals surface area contributed by atoms with Gasteiger partial charge >= 0.3 is 5.97 Å². The van der Waals surface area contributed by atoms with Crippen LogP contribution >= 0.6 is 0 Å². The Labute approximate surface area is 74.0 Å². The zero-order valence-electron chi connectivity index (χ0n) is 8.97. The van der Waals surface area contributed by atoms with Gasteiger partial charge in [0.1, 0.15) is 0 Å². The molecule has 1 aromatic rings. The molecular weight excluding hydrogens is 154 g/mol. The third kappa shape index (κ3) is 1.39. The van der Waals surface area contributed by atoms with Crippen molar-refractivity contribution in [2.45, 2.75) is 6.92 Å². The smallest absolute Gasteiger partial charge is 0.338 e. The summed E-state index contributed by atoms with van der Waals surface area (Å²) in [4.78, 5) is 11.3. The summed E-state index contributed by atoms with van der Waals surface area (Å²) in [6, 6.07) is 1.25. The maximum Gasteiger partial charge on any atom is 0.338 e. The lowest BCUT2D eigenvalue weighted by molar-refractivity contribution is 0.0600. The van der Waals surface area contributed by atoms with Gasteiger partial charge in [0.2, 0.25) is 0 Å². The Morgan fingerprint density at radius 1 is 1.67 bits per heavy atom. The first-order valence-corrected chi connectivity index (χ1v) is 3.43. The van der Waals surface area contributed by atoms with Crippen LogP contribution in [0.4, 0.5) is 5.69 Å². The van der Waals surface area contributed by atoms with Crippen LogP contribution in [0.1, 0.15) is 18.7 Å². The van der Waals surface area contributed by atoms with E-state index in [9.17, 15) is 4.79 Å². The fourth-order valence-corrected chi connectivity index (χ4v) is 0.851. The van der Waals surface area contributed by atoms with Gasteiger partial charge in [-0.05, 0) is 24.6 Å². The standard InChI is InChI=1S/C9H11NO2/c1-6-7(9(11)12-2)4-3-5-8(6)10/h3-5H,10H2,1-2H3/i4D,5D. The lowest BCUT2D eigenvalue weighted by atomic mass is 10.1. The van der Waals surface area contributed by atoms with E-state index in [1.165, 1.54) is 13.2 Å². The van der Waals surface area contributed by atoms with Crippen molar-refractivity contribution in [2.75, 3.05) is 12.8 Å². The van der Waals surface area contributed by atoms with E-state index < -0.39 is 5.97 Å². The normalized spacial score (nSPS) is 11.8. The molecule has 0 fully saturated rings. The number of esters is 1. The molecule has 0 radical (unpaired) electrons. The second kappa shape index (κ2) is 3.26. The highest BCUT2D eigenvalue weighted by atomic mass is 16.5. The van der Waals surface area contributed by atoms with Crippen molar-refractivity contribution >= 4 is 11.7 Å². The molecule has 1 rings (SSSR count). The highest BCUT2D eigenvalue weighted by Crippen LogP contribution is 2.15. The fraction of sp³-hybridized carbons (Fsp3) is 0.222. The summed E-state index contributed by atoms with van der Waals surface area (Å²) >= 11 is 0. The molecule has 0 saturated heterocycles. The van der Waals surface area contributed by atoms with Crippen molar-refractivity contribution in [3.8, 4) is 0 Å². The van der Waals surface area contributed by atoms with Crippen molar-refractivity contribution < 1.29 is 12.3 Å². The minimum Gasteiger partial charge on any atom is -0.465 e. The Kier molecular flexibility index (Phi) is 1.64. The average Bonchev–Trinajstić information content (AvgIpc) is 2.14. The van der Waals surface area contributed by atoms with Crippen molar-refractivity contribution in [3.63, 3.8) is 0 Å². The van der Waals surface area contributed by atoms with E-state index in [2.05, 4.69) is 4.74 Å². The first-order valence-electron chi connectivity index (χ1n) is 4.43. The zero-order chi connectivity index (χ0) is 10.9. The van der Waals surface area contributed by atoms with Crippen LogP contribution in [-0.2, 0) is 4.74 Å². The van der Waals surface area contributed by atoms with Gasteiger partial charge in [-0.15, -0.1) is 0 Å². The van der Waals surface area contributed by atoms with E-state index in [1.807, 2.05) is 0 Å². The second-order valence-corrected chi connectivity index (χ2v) is 2.34. The van der Waals surface area contributed by atoms with Gasteiger partial charge in [0.25, 0.3) is 0 Å². The quantitative estimate of drug-likeness (QED) is 0.507. The summed E-state index contributed by atoms with van der Waals surface area (Å²) in [5, 5.41) is 0. The Balaban J connectivity index is 3.44. The molecule has 1 aromatic carbocycles. The Morgan fingerprint density at radius 3 is 2.92 bits per heavy atom. The van der Waals surface area contributed by atoms with E-state index in [4.69, 9.17) is 8.48 Å². The number of benzene rings is 1. The second-order valence-electron chi connectivity index (χ2n) is 2.34. The highest BCUT2D eigenvalue weighted by Gasteiger charge is 2.09. The summed E-state index contributed by atoms with van der Waals surface area (Å²) < 4.78 is 19.4. The number of ether oxygens (including phenoxy) is 1. The maximum absolute atomic E-state index is 11.3. The summed E-state index contributed by atoms with van der Waals surface area (Å²) in [5.41, 5.74) is 6.33. The molecular formula is C9H11NO2. The monoisotopic (exact) mass is 167 g/mol. The van der Waals surface area contributed by atoms with Crippen LogP contribution in [0.5, 0.6) is 0 Å². The van der Waals surface area contributed by atoms with Crippen LogP contribution in [0.25, 0.3) is 0 Å². The summed E-state index contributed by atoms with van der Waals surface area (Å²) in [6.45, 7) is 1.59. The molecule has 0 heterocycles. The summed E-state index contributed by atoms with van der Waals surface area (Å²) in [7, 11) is 1.24. The zero-order valence-corrected chi connectivity index (χ0v) is 6.97. The van der Waals surface area contributed by atoms with E-state index in [0.29, 0.717) is 5.56 Å². The lowest BCUT2D eigenvalue weighted by Crippen LogP contribution is -2.05. The van der Waals surface area contributed by atoms with Gasteiger partial charge in [0, 0.05) is 5.69 Å². The van der Waals surface area contributed by atoms with Crippen molar-refractivity contribution in [1.29, 1.82) is 0 Å². The van der Waals surface area contributed by atoms with Gasteiger partial charge in [-0.1, -0.05) is 6.07 Å². The van der Waals surface area contributed by atoms with E-state index in [1.54, 1.807) is 6.92 Å². The lowest BCUT2D eigenvalue weighted by Gasteiger charge is -2.05. The Hall–Kier alpha value is -1.51. The van der Waals surface area contributed by atoms with Crippen LogP contribution in [0.3, 0.4) is 0 Å². The molecule has 0 aliphatic carbocycles. The number of rotatable bonds is 1. The fourth-order valence-electron chi connectivity index (χ4n) is 0.851. The number of methoxy groups -OCH3 is 1. The van der Waals surface area contributed by atoms with Crippen LogP contribution in [0.15, 0.2) is 18.2 Å². The number of anilines is 1. The number of nitrogens with two attached hydrogens (primary N) is 1. The van der Waals surface area contributed by atoms with Crippen LogP contribution in [0.2, 0.25) is 0 Å². The van der Waals surface area contributed by atoms with Crippen LogP contribution < -0.4 is 5.73 Å². The minimum absolute atomic E-state index is 0.0337. The topological polar surface area (TPSA) is 52.3 Å². The number of carbonyl (C=O) groups excluding carboxylic acids is 1. The van der Waals surface area contributed by atoms with E-state index in [0.717, 1.165) is 0 Å². The largest absolute Gasteiger partial charge is 0.465 e. The molecule has 0 aliphatic heterocycles. The third-order valence-electron chi connectivity index (χ3n) is 1.61. The molecule has 64 valence electrons. The van der Waals surface area contributed by atoms with Gasteiger partial charge in [-0.25, -0.2) is 4.79 Å². The maximum atomic E-state index is 11.3. The first kappa shape index (κ1) is 6.06.